The largest absolute Gasteiger partial charge is 0.398 e. The highest BCUT2D eigenvalue weighted by Gasteiger charge is 2.31. The van der Waals surface area contributed by atoms with Crippen LogP contribution in [0.3, 0.4) is 0 Å². The number of nitrogen functional groups attached to an aromatic ring is 1. The van der Waals surface area contributed by atoms with Crippen molar-refractivity contribution in [3.8, 4) is 33.4 Å². The lowest BCUT2D eigenvalue weighted by Gasteiger charge is -2.17. The molecule has 632 valence electrons. The van der Waals surface area contributed by atoms with E-state index in [0.29, 0.717) is 98.5 Å². The van der Waals surface area contributed by atoms with Crippen molar-refractivity contribution < 1.29 is 47.9 Å². The molecule has 3 aromatic carbocycles. The van der Waals surface area contributed by atoms with Crippen molar-refractivity contribution in [3.63, 3.8) is 0 Å². The zero-order valence-electron chi connectivity index (χ0n) is 69.2. The fourth-order valence-corrected chi connectivity index (χ4v) is 19.9. The highest BCUT2D eigenvalue weighted by Crippen LogP contribution is 2.43. The molecule has 35 heteroatoms. The Bertz CT molecular complexity index is 5030. The quantitative estimate of drug-likeness (QED) is 0.0159. The monoisotopic (exact) mass is 1760 g/mol. The maximum Gasteiger partial charge on any atom is 0.249 e. The number of aromatic amines is 1. The third-order valence-corrected chi connectivity index (χ3v) is 29.6. The zero-order chi connectivity index (χ0) is 84.0. The molecule has 0 saturated heterocycles. The molecule has 0 spiro atoms. The van der Waals surface area contributed by atoms with Crippen molar-refractivity contribution in [2.24, 2.45) is 0 Å². The van der Waals surface area contributed by atoms with Crippen LogP contribution in [0.4, 0.5) is 42.1 Å². The van der Waals surface area contributed by atoms with Gasteiger partial charge in [-0.2, -0.15) is 15.0 Å². The first kappa shape index (κ1) is 92.2. The molecule has 0 atom stereocenters. The molecule has 116 heavy (non-hydrogen) atoms. The number of anilines is 5. The predicted molar refractivity (Wildman–Crippen MR) is 462 cm³/mol. The number of fused-ring (bicyclic) bond motifs is 3. The Morgan fingerprint density at radius 3 is 1.25 bits per heavy atom. The van der Waals surface area contributed by atoms with E-state index in [1.807, 2.05) is 36.4 Å². The molecule has 6 aromatic heterocycles. The molecule has 3 aliphatic carbocycles. The molecule has 5 N–H and O–H groups in total. The molecule has 26 nitrogen and oxygen atoms in total. The first-order valence-corrected chi connectivity index (χ1v) is 53.5. The summed E-state index contributed by atoms with van der Waals surface area (Å²) in [6.07, 6.45) is 18.8. The Morgan fingerprint density at radius 2 is 0.836 bits per heavy atom. The predicted octanol–water partition coefficient (Wildman–Crippen LogP) is 15.1. The highest BCUT2D eigenvalue weighted by atomic mass is 79.9. The van der Waals surface area contributed by atoms with E-state index in [4.69, 9.17) is 15.2 Å². The van der Waals surface area contributed by atoms with Gasteiger partial charge in [0, 0.05) is 88.9 Å². The Hall–Kier alpha value is -7.72. The summed E-state index contributed by atoms with van der Waals surface area (Å²) in [5, 5.41) is 21.5. The molecule has 0 fully saturated rings. The van der Waals surface area contributed by atoms with Crippen LogP contribution in [0, 0.1) is 17.5 Å². The molecular weight excluding hydrogens is 1640 g/mol. The van der Waals surface area contributed by atoms with Gasteiger partial charge in [-0.25, -0.2) is 52.9 Å². The van der Waals surface area contributed by atoms with Crippen molar-refractivity contribution in [2.75, 3.05) is 106 Å². The normalized spacial score (nSPS) is 13.4. The second kappa shape index (κ2) is 42.8. The molecule has 12 rings (SSSR count). The van der Waals surface area contributed by atoms with Crippen LogP contribution in [-0.4, -0.2) is 205 Å². The number of nitrogens with two attached hydrogens (primary N) is 1. The van der Waals surface area contributed by atoms with Gasteiger partial charge in [0.1, 0.15) is 30.9 Å². The van der Waals surface area contributed by atoms with Gasteiger partial charge in [-0.3, -0.25) is 15.0 Å². The Morgan fingerprint density at radius 1 is 0.483 bits per heavy atom. The molecule has 0 bridgehead atoms. The highest BCUT2D eigenvalue weighted by molar-refractivity contribution is 9.10. The smallest absolute Gasteiger partial charge is 0.249 e. The van der Waals surface area contributed by atoms with E-state index < -0.39 is 45.7 Å². The number of rotatable bonds is 38. The van der Waals surface area contributed by atoms with Gasteiger partial charge in [0.2, 0.25) is 61.6 Å². The van der Waals surface area contributed by atoms with E-state index in [1.165, 1.54) is 21.5 Å². The molecule has 3 aliphatic rings. The average molecular weight is 1760 g/mol. The number of H-pyrrole nitrogens is 1. The summed E-state index contributed by atoms with van der Waals surface area (Å²) in [6, 6.07) is 17.5. The lowest BCUT2D eigenvalue weighted by molar-refractivity contribution is 0.0712. The molecule has 9 aromatic rings. The van der Waals surface area contributed by atoms with Crippen LogP contribution in [-0.2, 0) is 91.0 Å². The minimum atomic E-state index is -3.74. The summed E-state index contributed by atoms with van der Waals surface area (Å²) in [6.45, 7) is 34.7. The molecule has 0 amide bonds. The summed E-state index contributed by atoms with van der Waals surface area (Å²) in [4.78, 5) is 31.4. The van der Waals surface area contributed by atoms with E-state index >= 15 is 4.39 Å². The Balaban J connectivity index is 0.000000184. The maximum atomic E-state index is 15.1. The fourth-order valence-electron chi connectivity index (χ4n) is 14.2. The lowest BCUT2D eigenvalue weighted by atomic mass is 9.97. The van der Waals surface area contributed by atoms with Crippen LogP contribution in [0.5, 0.6) is 0 Å². The van der Waals surface area contributed by atoms with Crippen LogP contribution in [0.15, 0.2) is 112 Å². The van der Waals surface area contributed by atoms with Gasteiger partial charge in [0.05, 0.1) is 28.6 Å². The lowest BCUT2D eigenvalue weighted by Crippen LogP contribution is -2.26. The fraction of sp³-hybridized carbons (Fsp3) is 0.519. The molecular formula is C81H116BrF3N18O8S3Si2. The van der Waals surface area contributed by atoms with E-state index in [1.54, 1.807) is 43.2 Å². The number of sulfone groups is 3. The van der Waals surface area contributed by atoms with Crippen molar-refractivity contribution in [1.82, 2.24) is 74.4 Å². The molecule has 0 saturated carbocycles. The Kier molecular flexibility index (Phi) is 34.0. The summed E-state index contributed by atoms with van der Waals surface area (Å²) in [5.74, 6) is -0.281. The summed E-state index contributed by atoms with van der Waals surface area (Å²) in [7, 11) is -13.3. The summed E-state index contributed by atoms with van der Waals surface area (Å²) in [5.41, 5.74) is 17.9. The summed E-state index contributed by atoms with van der Waals surface area (Å²) >= 11 is 3.17. The number of pyridine rings is 3. The van der Waals surface area contributed by atoms with E-state index in [2.05, 4.69) is 172 Å². The third kappa shape index (κ3) is 25.7. The van der Waals surface area contributed by atoms with Crippen LogP contribution in [0.1, 0.15) is 113 Å². The number of halogens is 4. The van der Waals surface area contributed by atoms with E-state index in [0.717, 1.165) is 147 Å². The van der Waals surface area contributed by atoms with Crippen LogP contribution < -0.4 is 16.4 Å². The van der Waals surface area contributed by atoms with Gasteiger partial charge in [-0.1, -0.05) is 80.8 Å². The van der Waals surface area contributed by atoms with Crippen molar-refractivity contribution in [1.29, 1.82) is 0 Å². The van der Waals surface area contributed by atoms with Gasteiger partial charge < -0.3 is 40.5 Å². The van der Waals surface area contributed by atoms with Gasteiger partial charge in [0.15, 0.2) is 0 Å². The van der Waals surface area contributed by atoms with Crippen LogP contribution in [0.2, 0.25) is 51.4 Å². The van der Waals surface area contributed by atoms with Crippen LogP contribution in [0.25, 0.3) is 33.4 Å². The van der Waals surface area contributed by atoms with E-state index in [-0.39, 0.29) is 80.3 Å². The van der Waals surface area contributed by atoms with E-state index in [9.17, 15) is 34.0 Å². The zero-order valence-corrected chi connectivity index (χ0v) is 75.2. The summed E-state index contributed by atoms with van der Waals surface area (Å²) < 4.78 is 136. The number of aromatic nitrogens is 12. The van der Waals surface area contributed by atoms with Gasteiger partial charge >= 0.3 is 0 Å². The second-order valence-corrected chi connectivity index (χ2v) is 49.4. The SMILES string of the molecule is CCN(CC)CCCS(=O)(=O)c1nc(Br)nn1COCC[Si](C)(C)C.CCN(CC)CCCS(=O)(=O)c1nc(Nc2c(-c3ccncc3)cc(F)c3c2CCC3)n[nH]1.CCN(CC)CCCS(=O)(=O)c1nc(Nc2c(-c3ccncc3)cc(F)c3c2CCC3)nn1COCC[Si](C)(C)C.Nc1c(-c2ccncc2)cc(F)c2c1CCC2. The van der Waals surface area contributed by atoms with Crippen LogP contribution >= 0.6 is 15.9 Å². The third-order valence-electron chi connectivity index (χ3n) is 20.9. The minimum absolute atomic E-state index is 0.00759. The molecule has 0 unspecified atom stereocenters. The van der Waals surface area contributed by atoms with Crippen molar-refractivity contribution in [3.05, 3.63) is 147 Å². The average Bonchev–Trinajstić information content (AvgIpc) is 1.58. The van der Waals surface area contributed by atoms with Crippen molar-refractivity contribution >= 4 is 90.5 Å². The number of ether oxygens (including phenoxy) is 2. The maximum absolute atomic E-state index is 15.1. The molecule has 0 radical (unpaired) electrons. The van der Waals surface area contributed by atoms with Gasteiger partial charge in [0.25, 0.3) is 0 Å². The van der Waals surface area contributed by atoms with Crippen molar-refractivity contribution in [2.45, 2.75) is 199 Å². The minimum Gasteiger partial charge on any atom is -0.398 e. The number of benzene rings is 3. The molecule has 6 heterocycles. The number of hydrogen-bond donors (Lipinski definition) is 4. The standard InChI is InChI=1S/C29H43FN6O3SSi.C23H29FN6O2S.C15H31BrN4O3SSi.C14H13FN2/c1-6-35(7-2)16-9-18-40(37,38)29-33-28(34-36(29)21-39-17-19-41(3,4)5)32-27-24-11-8-10-23(24)26(30)20-25(27)22-12-14-31-15-13-22;1-3-30(4-2)13-6-14-33(31,32)23-27-22(28-29-23)26-21-18-8-5-7-17(18)20(24)15-19(21)16-9-11-25-12-10-16;1-6-19(7-2)9-8-11-24(21,22)15-17-14(16)18-20(15)13-23-10-12-25(3,4)5;15-13-8-12(9-4-6-17-7-5-9)14(16)11-3-1-2-10(11)13/h12-15,20H,6-11,16-19,21H2,1-5H3,(H,32,34);9-12,15H,3-8,13-14H2,1-2H3,(H2,26,27,28,29);6-13H2,1-5H3;4-8H,1-3,16H2. The first-order valence-electron chi connectivity index (χ1n) is 40.3. The first-order chi connectivity index (χ1) is 55.3. The Labute approximate surface area is 693 Å². The van der Waals surface area contributed by atoms with Gasteiger partial charge in [-0.15, -0.1) is 15.3 Å². The number of nitrogens with one attached hydrogen (secondary N) is 3. The number of nitrogens with zero attached hydrogens (tertiary/aromatic N) is 14. The molecule has 0 aliphatic heterocycles. The topological polar surface area (TPSA) is 322 Å². The second-order valence-electron chi connectivity index (χ2n) is 31.4. The van der Waals surface area contributed by atoms with Gasteiger partial charge in [-0.05, 0) is 269 Å². The number of hydrogen-bond acceptors (Lipinski definition) is 23.